The van der Waals surface area contributed by atoms with Crippen molar-refractivity contribution in [2.75, 3.05) is 14.7 Å². The van der Waals surface area contributed by atoms with Crippen LogP contribution >= 0.6 is 0 Å². The van der Waals surface area contributed by atoms with Crippen molar-refractivity contribution in [3.8, 4) is 0 Å². The fourth-order valence-corrected chi connectivity index (χ4v) is 2.44. The van der Waals surface area contributed by atoms with Crippen molar-refractivity contribution in [3.63, 3.8) is 0 Å². The standard InChI is InChI=1S/C15H6N6O6/c22-7-1-2-8(23)19(7)13-16-14(20-9(24)3-4-10(20)25)18-15(17-13)21-11(26)5-6-12(21)27/h1-6H. The molecule has 6 amide bonds. The van der Waals surface area contributed by atoms with Crippen LogP contribution in [-0.2, 0) is 28.8 Å². The number of nitrogens with zero attached hydrogens (tertiary/aromatic N) is 6. The summed E-state index contributed by atoms with van der Waals surface area (Å²) in [6.45, 7) is 0. The van der Waals surface area contributed by atoms with E-state index in [0.29, 0.717) is 14.7 Å². The number of hydrogen-bond donors (Lipinski definition) is 0. The zero-order valence-corrected chi connectivity index (χ0v) is 13.1. The average molecular weight is 366 g/mol. The molecule has 3 aliphatic rings. The monoisotopic (exact) mass is 366 g/mol. The molecular formula is C15H6N6O6. The highest BCUT2D eigenvalue weighted by molar-refractivity contribution is 6.30. The average Bonchev–Trinajstić information content (AvgIpc) is 3.25. The second kappa shape index (κ2) is 5.59. The Kier molecular flexibility index (Phi) is 3.34. The Bertz CT molecular complexity index is 871. The van der Waals surface area contributed by atoms with Crippen molar-refractivity contribution in [1.29, 1.82) is 0 Å². The molecule has 0 fully saturated rings. The molecule has 0 aliphatic carbocycles. The summed E-state index contributed by atoms with van der Waals surface area (Å²) in [5.41, 5.74) is 0. The molecule has 0 spiro atoms. The minimum absolute atomic E-state index is 0.546. The van der Waals surface area contributed by atoms with Gasteiger partial charge in [-0.3, -0.25) is 28.8 Å². The predicted molar refractivity (Wildman–Crippen MR) is 84.7 cm³/mol. The summed E-state index contributed by atoms with van der Waals surface area (Å²) >= 11 is 0. The lowest BCUT2D eigenvalue weighted by molar-refractivity contribution is -0.121. The van der Waals surface area contributed by atoms with E-state index in [1.54, 1.807) is 0 Å². The van der Waals surface area contributed by atoms with Crippen molar-refractivity contribution >= 4 is 53.3 Å². The van der Waals surface area contributed by atoms with E-state index in [1.165, 1.54) is 0 Å². The van der Waals surface area contributed by atoms with E-state index in [0.717, 1.165) is 36.5 Å². The van der Waals surface area contributed by atoms with E-state index < -0.39 is 53.3 Å². The van der Waals surface area contributed by atoms with Crippen LogP contribution in [0.3, 0.4) is 0 Å². The van der Waals surface area contributed by atoms with E-state index in [2.05, 4.69) is 15.0 Å². The third-order valence-electron chi connectivity index (χ3n) is 3.63. The molecule has 132 valence electrons. The highest BCUT2D eigenvalue weighted by Crippen LogP contribution is 2.24. The van der Waals surface area contributed by atoms with Crippen LogP contribution in [0, 0.1) is 0 Å². The molecular weight excluding hydrogens is 360 g/mol. The first-order valence-corrected chi connectivity index (χ1v) is 7.31. The minimum Gasteiger partial charge on any atom is -0.269 e. The molecule has 12 nitrogen and oxygen atoms in total. The van der Waals surface area contributed by atoms with Crippen molar-refractivity contribution in [1.82, 2.24) is 15.0 Å². The molecule has 0 aromatic carbocycles. The molecule has 0 unspecified atom stereocenters. The van der Waals surface area contributed by atoms with Gasteiger partial charge in [0.2, 0.25) is 17.8 Å². The lowest BCUT2D eigenvalue weighted by atomic mass is 10.5. The molecule has 3 aliphatic heterocycles. The first-order valence-electron chi connectivity index (χ1n) is 7.31. The molecule has 0 atom stereocenters. The van der Waals surface area contributed by atoms with Gasteiger partial charge in [-0.05, 0) is 0 Å². The van der Waals surface area contributed by atoms with Gasteiger partial charge in [0.15, 0.2) is 0 Å². The Morgan fingerprint density at radius 2 is 0.593 bits per heavy atom. The Morgan fingerprint density at radius 1 is 0.407 bits per heavy atom. The van der Waals surface area contributed by atoms with Crippen LogP contribution < -0.4 is 14.7 Å². The van der Waals surface area contributed by atoms with Gasteiger partial charge in [-0.15, -0.1) is 0 Å². The lowest BCUT2D eigenvalue weighted by Crippen LogP contribution is -2.37. The summed E-state index contributed by atoms with van der Waals surface area (Å²) in [6, 6.07) is 0. The predicted octanol–water partition coefficient (Wildman–Crippen LogP) is -1.84. The largest absolute Gasteiger partial charge is 0.269 e. The van der Waals surface area contributed by atoms with Crippen LogP contribution in [0.2, 0.25) is 0 Å². The van der Waals surface area contributed by atoms with Crippen LogP contribution in [0.4, 0.5) is 17.8 Å². The van der Waals surface area contributed by atoms with Gasteiger partial charge >= 0.3 is 0 Å². The van der Waals surface area contributed by atoms with Crippen LogP contribution in [0.25, 0.3) is 0 Å². The number of aromatic nitrogens is 3. The van der Waals surface area contributed by atoms with Crippen molar-refractivity contribution in [3.05, 3.63) is 36.5 Å². The summed E-state index contributed by atoms with van der Waals surface area (Å²) in [6.07, 6.45) is 5.79. The van der Waals surface area contributed by atoms with Gasteiger partial charge in [-0.25, -0.2) is 14.7 Å². The summed E-state index contributed by atoms with van der Waals surface area (Å²) in [4.78, 5) is 84.5. The maximum absolute atomic E-state index is 11.9. The third-order valence-corrected chi connectivity index (χ3v) is 3.63. The van der Waals surface area contributed by atoms with Gasteiger partial charge < -0.3 is 0 Å². The number of anilines is 3. The van der Waals surface area contributed by atoms with Gasteiger partial charge in [0.1, 0.15) is 0 Å². The Balaban J connectivity index is 1.87. The fourth-order valence-electron chi connectivity index (χ4n) is 2.44. The van der Waals surface area contributed by atoms with E-state index in [1.807, 2.05) is 0 Å². The molecule has 0 N–H and O–H groups in total. The minimum atomic E-state index is -0.780. The summed E-state index contributed by atoms with van der Waals surface area (Å²) in [5.74, 6) is -6.32. The Morgan fingerprint density at radius 3 is 0.778 bits per heavy atom. The van der Waals surface area contributed by atoms with Gasteiger partial charge in [0.05, 0.1) is 0 Å². The van der Waals surface area contributed by atoms with Crippen molar-refractivity contribution < 1.29 is 28.8 Å². The van der Waals surface area contributed by atoms with E-state index in [4.69, 9.17) is 0 Å². The summed E-state index contributed by atoms with van der Waals surface area (Å²) in [5, 5.41) is 0. The van der Waals surface area contributed by atoms with E-state index in [-0.39, 0.29) is 0 Å². The SMILES string of the molecule is O=C1C=CC(=O)N1c1nc(N2C(=O)C=CC2=O)nc(N2C(=O)C=CC2=O)n1. The highest BCUT2D eigenvalue weighted by Gasteiger charge is 2.36. The van der Waals surface area contributed by atoms with E-state index in [9.17, 15) is 28.8 Å². The number of carbonyl (C=O) groups is 6. The van der Waals surface area contributed by atoms with Crippen molar-refractivity contribution in [2.24, 2.45) is 0 Å². The molecule has 27 heavy (non-hydrogen) atoms. The zero-order chi connectivity index (χ0) is 19.3. The fraction of sp³-hybridized carbons (Fsp3) is 0. The molecule has 4 heterocycles. The van der Waals surface area contributed by atoms with Crippen LogP contribution in [0.5, 0.6) is 0 Å². The zero-order valence-electron chi connectivity index (χ0n) is 13.1. The molecule has 1 aromatic rings. The quantitative estimate of drug-likeness (QED) is 0.562. The highest BCUT2D eigenvalue weighted by atomic mass is 16.2. The summed E-state index contributed by atoms with van der Waals surface area (Å²) in [7, 11) is 0. The normalized spacial score (nSPS) is 18.9. The molecule has 0 saturated carbocycles. The summed E-state index contributed by atoms with van der Waals surface area (Å²) < 4.78 is 0. The Labute approximate surface area is 149 Å². The number of rotatable bonds is 3. The van der Waals surface area contributed by atoms with Gasteiger partial charge in [-0.1, -0.05) is 0 Å². The van der Waals surface area contributed by atoms with Gasteiger partial charge in [0, 0.05) is 36.5 Å². The van der Waals surface area contributed by atoms with Crippen molar-refractivity contribution in [2.45, 2.75) is 0 Å². The smallest absolute Gasteiger partial charge is 0.260 e. The maximum Gasteiger partial charge on any atom is 0.260 e. The van der Waals surface area contributed by atoms with Crippen LogP contribution in [0.1, 0.15) is 0 Å². The lowest BCUT2D eigenvalue weighted by Gasteiger charge is -2.19. The maximum atomic E-state index is 11.9. The second-order valence-electron chi connectivity index (χ2n) is 5.27. The van der Waals surface area contributed by atoms with Crippen LogP contribution in [0.15, 0.2) is 36.5 Å². The van der Waals surface area contributed by atoms with Crippen LogP contribution in [-0.4, -0.2) is 50.4 Å². The molecule has 4 rings (SSSR count). The molecule has 1 aromatic heterocycles. The molecule has 0 bridgehead atoms. The number of amides is 6. The van der Waals surface area contributed by atoms with Gasteiger partial charge in [0.25, 0.3) is 35.4 Å². The number of carbonyl (C=O) groups excluding carboxylic acids is 6. The third kappa shape index (κ3) is 2.43. The van der Waals surface area contributed by atoms with E-state index >= 15 is 0 Å². The van der Waals surface area contributed by atoms with Gasteiger partial charge in [-0.2, -0.15) is 15.0 Å². The topological polar surface area (TPSA) is 151 Å². The first-order chi connectivity index (χ1) is 12.9. The first kappa shape index (κ1) is 16.1. The number of hydrogen-bond acceptors (Lipinski definition) is 9. The Hall–Kier alpha value is -4.35. The second-order valence-corrected chi connectivity index (χ2v) is 5.27. The number of imide groups is 3. The molecule has 0 saturated heterocycles. The molecule has 0 radical (unpaired) electrons. The molecule has 12 heteroatoms.